The molecule has 2 rings (SSSR count). The molecule has 114 valence electrons. The highest BCUT2D eigenvalue weighted by molar-refractivity contribution is 7.11. The largest absolute Gasteiger partial charge is 0.351 e. The number of H-pyrrole nitrogens is 1. The Bertz CT molecular complexity index is 572. The molecule has 2 N–H and O–H groups in total. The Hall–Kier alpha value is -1.83. The number of thiazole rings is 1. The maximum Gasteiger partial charge on any atom is 0.263 e. The SMILES string of the molecule is CC(C)(C)c1ncsc1C(=O)NCCCCc1nn[nH]n1. The third-order valence-electron chi connectivity index (χ3n) is 2.99. The summed E-state index contributed by atoms with van der Waals surface area (Å²) in [6.07, 6.45) is 2.55. The second kappa shape index (κ2) is 6.75. The van der Waals surface area contributed by atoms with Crippen molar-refractivity contribution in [3.05, 3.63) is 21.9 Å². The molecule has 0 aliphatic carbocycles. The lowest BCUT2D eigenvalue weighted by Gasteiger charge is -2.17. The minimum atomic E-state index is -0.120. The Balaban J connectivity index is 1.76. The Morgan fingerprint density at radius 2 is 2.19 bits per heavy atom. The number of hydrogen-bond acceptors (Lipinski definition) is 6. The normalized spacial score (nSPS) is 11.6. The third-order valence-corrected chi connectivity index (χ3v) is 3.81. The molecule has 2 aromatic rings. The van der Waals surface area contributed by atoms with Crippen LogP contribution >= 0.6 is 11.3 Å². The molecule has 7 nitrogen and oxygen atoms in total. The van der Waals surface area contributed by atoms with E-state index in [1.807, 2.05) is 0 Å². The molecule has 2 heterocycles. The highest BCUT2D eigenvalue weighted by atomic mass is 32.1. The van der Waals surface area contributed by atoms with Gasteiger partial charge in [-0.05, 0) is 12.8 Å². The predicted molar refractivity (Wildman–Crippen MR) is 80.3 cm³/mol. The molecule has 2 aromatic heterocycles. The fraction of sp³-hybridized carbons (Fsp3) is 0.615. The molecule has 0 aromatic carbocycles. The topological polar surface area (TPSA) is 96.5 Å². The van der Waals surface area contributed by atoms with Crippen molar-refractivity contribution in [3.63, 3.8) is 0 Å². The van der Waals surface area contributed by atoms with Crippen LogP contribution in [0.2, 0.25) is 0 Å². The molecule has 0 unspecified atom stereocenters. The average molecular weight is 308 g/mol. The summed E-state index contributed by atoms with van der Waals surface area (Å²) < 4.78 is 0. The van der Waals surface area contributed by atoms with Gasteiger partial charge in [0.1, 0.15) is 4.88 Å². The molecule has 0 radical (unpaired) electrons. The van der Waals surface area contributed by atoms with Crippen molar-refractivity contribution < 1.29 is 4.79 Å². The predicted octanol–water partition coefficient (Wildman–Crippen LogP) is 1.71. The summed E-state index contributed by atoms with van der Waals surface area (Å²) in [5, 5.41) is 16.6. The molecule has 0 bridgehead atoms. The van der Waals surface area contributed by atoms with Gasteiger partial charge in [-0.3, -0.25) is 4.79 Å². The third kappa shape index (κ3) is 4.32. The van der Waals surface area contributed by atoms with E-state index >= 15 is 0 Å². The second-order valence-corrected chi connectivity index (χ2v) is 6.68. The molecule has 1 amide bonds. The van der Waals surface area contributed by atoms with E-state index in [2.05, 4.69) is 51.7 Å². The molecular weight excluding hydrogens is 288 g/mol. The molecule has 0 saturated carbocycles. The number of unbranched alkanes of at least 4 members (excludes halogenated alkanes) is 1. The van der Waals surface area contributed by atoms with Crippen LogP contribution in [-0.4, -0.2) is 38.1 Å². The van der Waals surface area contributed by atoms with Crippen molar-refractivity contribution in [2.24, 2.45) is 0 Å². The van der Waals surface area contributed by atoms with Gasteiger partial charge < -0.3 is 5.32 Å². The molecule has 0 fully saturated rings. The van der Waals surface area contributed by atoms with Crippen LogP contribution in [0, 0.1) is 0 Å². The minimum Gasteiger partial charge on any atom is -0.351 e. The number of aromatic nitrogens is 5. The standard InChI is InChI=1S/C13H20N6OS/c1-13(2,3)11-10(21-8-15-11)12(20)14-7-5-4-6-9-16-18-19-17-9/h8H,4-7H2,1-3H3,(H,14,20)(H,16,17,18,19). The van der Waals surface area contributed by atoms with Crippen molar-refractivity contribution in [2.45, 2.75) is 45.4 Å². The van der Waals surface area contributed by atoms with Crippen LogP contribution in [0.15, 0.2) is 5.51 Å². The van der Waals surface area contributed by atoms with Crippen LogP contribution in [0.3, 0.4) is 0 Å². The van der Waals surface area contributed by atoms with Crippen LogP contribution in [0.5, 0.6) is 0 Å². The maximum atomic E-state index is 12.2. The number of carbonyl (C=O) groups excluding carboxylic acids is 1. The van der Waals surface area contributed by atoms with Crippen molar-refractivity contribution in [1.29, 1.82) is 0 Å². The van der Waals surface area contributed by atoms with E-state index in [4.69, 9.17) is 0 Å². The Kier molecular flexibility index (Phi) is 5.00. The first-order chi connectivity index (χ1) is 9.98. The Morgan fingerprint density at radius 1 is 1.38 bits per heavy atom. The molecule has 0 atom stereocenters. The lowest BCUT2D eigenvalue weighted by Crippen LogP contribution is -2.27. The van der Waals surface area contributed by atoms with E-state index in [-0.39, 0.29) is 11.3 Å². The lowest BCUT2D eigenvalue weighted by atomic mass is 9.91. The lowest BCUT2D eigenvalue weighted by molar-refractivity contribution is 0.0954. The molecule has 8 heteroatoms. The zero-order valence-corrected chi connectivity index (χ0v) is 13.3. The first kappa shape index (κ1) is 15.6. The van der Waals surface area contributed by atoms with Crippen molar-refractivity contribution in [3.8, 4) is 0 Å². The molecule has 21 heavy (non-hydrogen) atoms. The summed E-state index contributed by atoms with van der Waals surface area (Å²) in [5.74, 6) is 0.667. The van der Waals surface area contributed by atoms with Crippen molar-refractivity contribution in [1.82, 2.24) is 30.9 Å². The number of hydrogen-bond donors (Lipinski definition) is 2. The second-order valence-electron chi connectivity index (χ2n) is 5.82. The first-order valence-corrected chi connectivity index (χ1v) is 7.81. The smallest absolute Gasteiger partial charge is 0.263 e. The number of aromatic amines is 1. The van der Waals surface area contributed by atoms with E-state index in [0.29, 0.717) is 17.2 Å². The molecule has 0 spiro atoms. The van der Waals surface area contributed by atoms with Crippen LogP contribution in [-0.2, 0) is 11.8 Å². The fourth-order valence-corrected chi connectivity index (χ4v) is 2.83. The van der Waals surface area contributed by atoms with E-state index in [1.165, 1.54) is 11.3 Å². The molecule has 0 saturated heterocycles. The first-order valence-electron chi connectivity index (χ1n) is 6.93. The van der Waals surface area contributed by atoms with E-state index in [9.17, 15) is 4.79 Å². The zero-order chi connectivity index (χ0) is 15.3. The van der Waals surface area contributed by atoms with Gasteiger partial charge in [0.05, 0.1) is 11.2 Å². The summed E-state index contributed by atoms with van der Waals surface area (Å²) in [6, 6.07) is 0. The molecular formula is C13H20N6OS. The highest BCUT2D eigenvalue weighted by Crippen LogP contribution is 2.26. The van der Waals surface area contributed by atoms with Gasteiger partial charge in [-0.15, -0.1) is 21.5 Å². The van der Waals surface area contributed by atoms with Gasteiger partial charge in [0, 0.05) is 18.4 Å². The fourth-order valence-electron chi connectivity index (χ4n) is 1.92. The number of nitrogens with one attached hydrogen (secondary N) is 2. The van der Waals surface area contributed by atoms with Gasteiger partial charge in [-0.2, -0.15) is 5.21 Å². The Morgan fingerprint density at radius 3 is 2.86 bits per heavy atom. The Labute approximate surface area is 127 Å². The maximum absolute atomic E-state index is 12.2. The number of rotatable bonds is 6. The van der Waals surface area contributed by atoms with Crippen LogP contribution in [0.25, 0.3) is 0 Å². The van der Waals surface area contributed by atoms with Gasteiger partial charge >= 0.3 is 0 Å². The van der Waals surface area contributed by atoms with Crippen molar-refractivity contribution in [2.75, 3.05) is 6.54 Å². The zero-order valence-electron chi connectivity index (χ0n) is 12.5. The van der Waals surface area contributed by atoms with Crippen LogP contribution < -0.4 is 5.32 Å². The van der Waals surface area contributed by atoms with E-state index < -0.39 is 0 Å². The van der Waals surface area contributed by atoms with Gasteiger partial charge in [0.2, 0.25) is 0 Å². The summed E-state index contributed by atoms with van der Waals surface area (Å²) in [6.45, 7) is 6.81. The van der Waals surface area contributed by atoms with Gasteiger partial charge in [0.25, 0.3) is 5.91 Å². The van der Waals surface area contributed by atoms with Crippen LogP contribution in [0.1, 0.15) is 54.8 Å². The van der Waals surface area contributed by atoms with Gasteiger partial charge in [-0.1, -0.05) is 26.0 Å². The number of amides is 1. The number of aryl methyl sites for hydroxylation is 1. The average Bonchev–Trinajstić information content (AvgIpc) is 3.08. The van der Waals surface area contributed by atoms with Crippen molar-refractivity contribution >= 4 is 17.2 Å². The number of nitrogens with zero attached hydrogens (tertiary/aromatic N) is 4. The summed E-state index contributed by atoms with van der Waals surface area (Å²) in [5.41, 5.74) is 2.47. The number of carbonyl (C=O) groups is 1. The van der Waals surface area contributed by atoms with Crippen LogP contribution in [0.4, 0.5) is 0 Å². The van der Waals surface area contributed by atoms with Gasteiger partial charge in [-0.25, -0.2) is 4.98 Å². The summed E-state index contributed by atoms with van der Waals surface area (Å²) >= 11 is 1.39. The van der Waals surface area contributed by atoms with Gasteiger partial charge in [0.15, 0.2) is 5.82 Å². The molecule has 0 aliphatic heterocycles. The number of tetrazole rings is 1. The highest BCUT2D eigenvalue weighted by Gasteiger charge is 2.24. The summed E-state index contributed by atoms with van der Waals surface area (Å²) in [7, 11) is 0. The quantitative estimate of drug-likeness (QED) is 0.792. The minimum absolute atomic E-state index is 0.0398. The summed E-state index contributed by atoms with van der Waals surface area (Å²) in [4.78, 5) is 17.2. The van der Waals surface area contributed by atoms with E-state index in [0.717, 1.165) is 25.0 Å². The van der Waals surface area contributed by atoms with E-state index in [1.54, 1.807) is 5.51 Å². The monoisotopic (exact) mass is 308 g/mol. The molecule has 0 aliphatic rings.